The second-order valence-corrected chi connectivity index (χ2v) is 9.80. The van der Waals surface area contributed by atoms with Gasteiger partial charge in [-0.05, 0) is 47.1 Å². The molecule has 0 radical (unpaired) electrons. The Balaban J connectivity index is 1.80. The highest BCUT2D eigenvalue weighted by Crippen LogP contribution is 2.34. The van der Waals surface area contributed by atoms with Crippen molar-refractivity contribution in [3.63, 3.8) is 0 Å². The molecule has 5 nitrogen and oxygen atoms in total. The number of rotatable bonds is 11. The van der Waals surface area contributed by atoms with E-state index in [-0.39, 0.29) is 36.1 Å². The fraction of sp³-hybridized carbons (Fsp3) is 0.333. The molecule has 0 bridgehead atoms. The lowest BCUT2D eigenvalue weighted by Gasteiger charge is -2.22. The van der Waals surface area contributed by atoms with E-state index in [0.717, 1.165) is 11.1 Å². The molecule has 0 saturated carbocycles. The van der Waals surface area contributed by atoms with E-state index in [4.69, 9.17) is 9.84 Å². The Kier molecular flexibility index (Phi) is 9.39. The number of hydrogen-bond acceptors (Lipinski definition) is 3. The van der Waals surface area contributed by atoms with Gasteiger partial charge in [0.15, 0.2) is 0 Å². The van der Waals surface area contributed by atoms with Crippen molar-refractivity contribution in [3.05, 3.63) is 89.0 Å². The number of carbonyl (C=O) groups excluding carboxylic acids is 1. The Bertz CT molecular complexity index is 1200. The second kappa shape index (κ2) is 12.5. The molecule has 0 saturated heterocycles. The number of aliphatic carboxylic acids is 1. The molecule has 1 atom stereocenters. The molecule has 3 rings (SSSR count). The van der Waals surface area contributed by atoms with E-state index in [1.807, 2.05) is 26.0 Å². The normalized spacial score (nSPS) is 12.0. The summed E-state index contributed by atoms with van der Waals surface area (Å²) in [5.74, 6) is -2.15. The molecule has 0 aliphatic carbocycles. The van der Waals surface area contributed by atoms with Crippen LogP contribution in [0.15, 0.2) is 60.7 Å². The summed E-state index contributed by atoms with van der Waals surface area (Å²) < 4.78 is 36.2. The van der Waals surface area contributed by atoms with E-state index in [2.05, 4.69) is 19.2 Å². The number of halogens is 2. The van der Waals surface area contributed by atoms with Crippen molar-refractivity contribution in [2.45, 2.75) is 52.6 Å². The van der Waals surface area contributed by atoms with Gasteiger partial charge in [-0.25, -0.2) is 8.78 Å². The summed E-state index contributed by atoms with van der Waals surface area (Å²) in [6.45, 7) is 8.18. The minimum Gasteiger partial charge on any atom is -0.486 e. The number of carboxylic acid groups (broad SMARTS) is 1. The van der Waals surface area contributed by atoms with Crippen LogP contribution in [-0.2, 0) is 4.79 Å². The predicted molar refractivity (Wildman–Crippen MR) is 140 cm³/mol. The molecular formula is C30H33F2NO4. The quantitative estimate of drug-likeness (QED) is 0.288. The number of nitrogens with one attached hydrogen (secondary N) is 1. The maximum atomic E-state index is 15.1. The minimum absolute atomic E-state index is 0.0317. The number of benzene rings is 3. The summed E-state index contributed by atoms with van der Waals surface area (Å²) in [6.07, 6.45) is -0.0613. The summed E-state index contributed by atoms with van der Waals surface area (Å²) in [7, 11) is 0. The largest absolute Gasteiger partial charge is 0.486 e. The van der Waals surface area contributed by atoms with Crippen molar-refractivity contribution in [1.82, 2.24) is 5.32 Å². The van der Waals surface area contributed by atoms with Crippen LogP contribution in [0.4, 0.5) is 8.78 Å². The Labute approximate surface area is 216 Å². The van der Waals surface area contributed by atoms with E-state index in [1.165, 1.54) is 12.1 Å². The third kappa shape index (κ3) is 7.62. The van der Waals surface area contributed by atoms with Crippen LogP contribution in [0.2, 0.25) is 0 Å². The monoisotopic (exact) mass is 509 g/mol. The van der Waals surface area contributed by atoms with Gasteiger partial charge in [0, 0.05) is 24.2 Å². The highest BCUT2D eigenvalue weighted by atomic mass is 19.1. The second-order valence-electron chi connectivity index (χ2n) is 9.80. The highest BCUT2D eigenvalue weighted by molar-refractivity contribution is 5.94. The van der Waals surface area contributed by atoms with Gasteiger partial charge in [-0.1, -0.05) is 64.1 Å². The van der Waals surface area contributed by atoms with Crippen molar-refractivity contribution < 1.29 is 28.2 Å². The molecule has 3 aromatic carbocycles. The van der Waals surface area contributed by atoms with Crippen molar-refractivity contribution >= 4 is 11.9 Å². The first-order valence-corrected chi connectivity index (χ1v) is 12.4. The average Bonchev–Trinajstić information content (AvgIpc) is 2.83. The van der Waals surface area contributed by atoms with Crippen molar-refractivity contribution in [1.29, 1.82) is 0 Å². The number of ether oxygens (including phenoxy) is 1. The van der Waals surface area contributed by atoms with Crippen LogP contribution in [0.3, 0.4) is 0 Å². The van der Waals surface area contributed by atoms with Gasteiger partial charge in [0.1, 0.15) is 23.5 Å². The maximum absolute atomic E-state index is 15.1. The first-order chi connectivity index (χ1) is 17.5. The van der Waals surface area contributed by atoms with E-state index >= 15 is 8.78 Å². The molecule has 1 amide bonds. The fourth-order valence-electron chi connectivity index (χ4n) is 4.01. The molecule has 0 spiro atoms. The Hall–Kier alpha value is -3.74. The molecule has 0 aromatic heterocycles. The summed E-state index contributed by atoms with van der Waals surface area (Å²) in [4.78, 5) is 22.9. The molecule has 0 aliphatic rings. The van der Waals surface area contributed by atoms with Gasteiger partial charge < -0.3 is 15.2 Å². The maximum Gasteiger partial charge on any atom is 0.305 e. The van der Waals surface area contributed by atoms with Crippen LogP contribution in [0.25, 0.3) is 11.1 Å². The number of amides is 1. The van der Waals surface area contributed by atoms with Crippen molar-refractivity contribution in [3.8, 4) is 16.9 Å². The van der Waals surface area contributed by atoms with Crippen LogP contribution in [0, 0.1) is 17.6 Å². The van der Waals surface area contributed by atoms with E-state index in [1.54, 1.807) is 36.4 Å². The van der Waals surface area contributed by atoms with Gasteiger partial charge in [0.2, 0.25) is 0 Å². The smallest absolute Gasteiger partial charge is 0.305 e. The van der Waals surface area contributed by atoms with Crippen LogP contribution in [-0.4, -0.2) is 23.5 Å². The van der Waals surface area contributed by atoms with Crippen LogP contribution >= 0.6 is 0 Å². The van der Waals surface area contributed by atoms with Crippen molar-refractivity contribution in [2.75, 3.05) is 6.54 Å². The minimum atomic E-state index is -0.991. The Morgan fingerprint density at radius 1 is 0.892 bits per heavy atom. The van der Waals surface area contributed by atoms with E-state index < -0.39 is 23.7 Å². The van der Waals surface area contributed by atoms with Gasteiger partial charge in [-0.2, -0.15) is 0 Å². The molecule has 1 unspecified atom stereocenters. The molecule has 196 valence electrons. The van der Waals surface area contributed by atoms with Gasteiger partial charge in [0.05, 0.1) is 12.0 Å². The van der Waals surface area contributed by atoms with Gasteiger partial charge in [-0.3, -0.25) is 9.59 Å². The lowest BCUT2D eigenvalue weighted by molar-refractivity contribution is -0.136. The van der Waals surface area contributed by atoms with E-state index in [0.29, 0.717) is 23.5 Å². The zero-order valence-corrected chi connectivity index (χ0v) is 21.6. The van der Waals surface area contributed by atoms with Gasteiger partial charge >= 0.3 is 5.97 Å². The first kappa shape index (κ1) is 27.8. The predicted octanol–water partition coefficient (Wildman–Crippen LogP) is 7.13. The van der Waals surface area contributed by atoms with E-state index in [9.17, 15) is 9.59 Å². The zero-order chi connectivity index (χ0) is 27.1. The molecule has 3 aromatic rings. The van der Waals surface area contributed by atoms with Crippen LogP contribution < -0.4 is 10.1 Å². The highest BCUT2D eigenvalue weighted by Gasteiger charge is 2.20. The molecular weight excluding hydrogens is 476 g/mol. The number of carbonyl (C=O) groups is 2. The van der Waals surface area contributed by atoms with Gasteiger partial charge in [0.25, 0.3) is 5.91 Å². The summed E-state index contributed by atoms with van der Waals surface area (Å²) >= 11 is 0. The number of hydrogen-bond donors (Lipinski definition) is 2. The third-order valence-corrected chi connectivity index (χ3v) is 6.01. The number of carboxylic acids is 1. The topological polar surface area (TPSA) is 75.6 Å². The standard InChI is InChI=1S/C30H33F2NO4/c1-18(2)15-27(21-7-11-23(12-8-21)30(36)33-14-13-28(34)35)37-24-16-25(31)29(26(32)17-24)22-9-5-20(6-10-22)19(3)4/h5-12,16-19,27H,13-15H2,1-4H3,(H,33,36)(H,34,35). The SMILES string of the molecule is CC(C)CC(Oc1cc(F)c(-c2ccc(C(C)C)cc2)c(F)c1)c1ccc(C(=O)NCCC(=O)O)cc1. The lowest BCUT2D eigenvalue weighted by atomic mass is 9.97. The fourth-order valence-corrected chi connectivity index (χ4v) is 4.01. The first-order valence-electron chi connectivity index (χ1n) is 12.4. The van der Waals surface area contributed by atoms with Crippen LogP contribution in [0.1, 0.15) is 74.0 Å². The Morgan fingerprint density at radius 2 is 1.46 bits per heavy atom. The molecule has 0 fully saturated rings. The molecule has 37 heavy (non-hydrogen) atoms. The lowest BCUT2D eigenvalue weighted by Crippen LogP contribution is -2.26. The summed E-state index contributed by atoms with van der Waals surface area (Å²) in [6, 6.07) is 16.3. The average molecular weight is 510 g/mol. The van der Waals surface area contributed by atoms with Gasteiger partial charge in [-0.15, -0.1) is 0 Å². The molecule has 7 heteroatoms. The molecule has 0 aliphatic heterocycles. The zero-order valence-electron chi connectivity index (χ0n) is 21.6. The summed E-state index contributed by atoms with van der Waals surface area (Å²) in [5.41, 5.74) is 2.58. The molecule has 0 heterocycles. The summed E-state index contributed by atoms with van der Waals surface area (Å²) in [5, 5.41) is 11.3. The third-order valence-electron chi connectivity index (χ3n) is 6.01. The molecule has 2 N–H and O–H groups in total. The van der Waals surface area contributed by atoms with Crippen LogP contribution in [0.5, 0.6) is 5.75 Å². The van der Waals surface area contributed by atoms with Crippen molar-refractivity contribution in [2.24, 2.45) is 5.92 Å². The Morgan fingerprint density at radius 3 is 1.97 bits per heavy atom.